The number of aryl methyl sites for hydroxylation is 1. The molecule has 0 saturated carbocycles. The quantitative estimate of drug-likeness (QED) is 0.872. The number of pyridine rings is 1. The zero-order chi connectivity index (χ0) is 17.7. The molecule has 0 aliphatic rings. The third-order valence-corrected chi connectivity index (χ3v) is 2.91. The highest BCUT2D eigenvalue weighted by Gasteiger charge is 2.17. The molecule has 0 aromatic carbocycles. The van der Waals surface area contributed by atoms with Gasteiger partial charge < -0.3 is 20.5 Å². The van der Waals surface area contributed by atoms with Crippen LogP contribution in [0.15, 0.2) is 24.5 Å². The number of hydrogen-bond acceptors (Lipinski definition) is 6. The van der Waals surface area contributed by atoms with Gasteiger partial charge in [-0.1, -0.05) is 0 Å². The van der Waals surface area contributed by atoms with E-state index in [0.717, 1.165) is 6.54 Å². The Balaban J connectivity index is 2.08. The zero-order valence-corrected chi connectivity index (χ0v) is 14.4. The zero-order valence-electron chi connectivity index (χ0n) is 14.4. The summed E-state index contributed by atoms with van der Waals surface area (Å²) in [5.74, 6) is 0.759. The van der Waals surface area contributed by atoms with Gasteiger partial charge in [-0.2, -0.15) is 0 Å². The van der Waals surface area contributed by atoms with Crippen molar-refractivity contribution in [1.82, 2.24) is 20.1 Å². The molecule has 0 radical (unpaired) electrons. The van der Waals surface area contributed by atoms with Crippen LogP contribution in [-0.2, 0) is 17.8 Å². The molecule has 130 valence electrons. The lowest BCUT2D eigenvalue weighted by Gasteiger charge is -2.20. The van der Waals surface area contributed by atoms with Gasteiger partial charge in [0.2, 0.25) is 11.8 Å². The van der Waals surface area contributed by atoms with Crippen LogP contribution in [-0.4, -0.2) is 26.5 Å². The number of carbonyl (C=O) groups is 1. The van der Waals surface area contributed by atoms with E-state index in [1.807, 2.05) is 13.1 Å². The first-order valence-electron chi connectivity index (χ1n) is 7.69. The van der Waals surface area contributed by atoms with E-state index >= 15 is 0 Å². The van der Waals surface area contributed by atoms with Gasteiger partial charge in [0.15, 0.2) is 0 Å². The Labute approximate surface area is 141 Å². The van der Waals surface area contributed by atoms with Crippen molar-refractivity contribution in [3.05, 3.63) is 30.1 Å². The second-order valence-electron chi connectivity index (χ2n) is 6.20. The van der Waals surface area contributed by atoms with Crippen LogP contribution in [0.5, 0.6) is 11.8 Å². The number of nitrogens with one attached hydrogen (secondary N) is 1. The van der Waals surface area contributed by atoms with Crippen molar-refractivity contribution >= 4 is 11.8 Å². The van der Waals surface area contributed by atoms with E-state index in [4.69, 9.17) is 15.2 Å². The first-order valence-corrected chi connectivity index (χ1v) is 7.69. The van der Waals surface area contributed by atoms with Crippen molar-refractivity contribution < 1.29 is 14.3 Å². The average molecular weight is 333 g/mol. The molecule has 0 saturated heterocycles. The van der Waals surface area contributed by atoms with Crippen LogP contribution in [0.25, 0.3) is 0 Å². The monoisotopic (exact) mass is 333 g/mol. The molecule has 2 heterocycles. The maximum absolute atomic E-state index is 11.8. The first kappa shape index (κ1) is 17.6. The molecule has 3 N–H and O–H groups in total. The van der Waals surface area contributed by atoms with Crippen molar-refractivity contribution in [3.63, 3.8) is 0 Å². The number of alkyl carbamates (subject to hydrolysis) is 1. The number of amides is 1. The molecule has 0 unspecified atom stereocenters. The Morgan fingerprint density at radius 2 is 2.17 bits per heavy atom. The number of aromatic nitrogens is 3. The van der Waals surface area contributed by atoms with Crippen molar-refractivity contribution in [1.29, 1.82) is 0 Å². The maximum atomic E-state index is 11.8. The lowest BCUT2D eigenvalue weighted by Crippen LogP contribution is -2.32. The summed E-state index contributed by atoms with van der Waals surface area (Å²) in [6.45, 7) is 8.30. The smallest absolute Gasteiger partial charge is 0.407 e. The number of nitrogens with zero attached hydrogens (tertiary/aromatic N) is 3. The molecule has 0 bridgehead atoms. The fraction of sp³-hybridized carbons (Fsp3) is 0.438. The lowest BCUT2D eigenvalue weighted by atomic mass is 10.2. The van der Waals surface area contributed by atoms with Crippen LogP contribution in [0.1, 0.15) is 33.3 Å². The number of nitrogen functional groups attached to an aromatic ring is 1. The minimum Gasteiger partial charge on any atom is -0.444 e. The fourth-order valence-electron chi connectivity index (χ4n) is 1.89. The fourth-order valence-corrected chi connectivity index (χ4v) is 1.89. The maximum Gasteiger partial charge on any atom is 0.407 e. The highest BCUT2D eigenvalue weighted by molar-refractivity contribution is 5.67. The first-order chi connectivity index (χ1) is 11.3. The van der Waals surface area contributed by atoms with Gasteiger partial charge >= 0.3 is 6.09 Å². The highest BCUT2D eigenvalue weighted by Crippen LogP contribution is 2.23. The van der Waals surface area contributed by atoms with Gasteiger partial charge in [0.1, 0.15) is 5.60 Å². The SMILES string of the molecule is CCn1ccc(Oc2ncc(N)cc2CNC(=O)OC(C)(C)C)n1. The van der Waals surface area contributed by atoms with E-state index in [2.05, 4.69) is 15.4 Å². The van der Waals surface area contributed by atoms with Crippen LogP contribution in [0, 0.1) is 0 Å². The van der Waals surface area contributed by atoms with Crippen molar-refractivity contribution in [2.45, 2.75) is 46.4 Å². The predicted octanol–water partition coefficient (Wildman–Crippen LogP) is 2.70. The molecular weight excluding hydrogens is 310 g/mol. The Hall–Kier alpha value is -2.77. The van der Waals surface area contributed by atoms with Crippen LogP contribution >= 0.6 is 0 Å². The van der Waals surface area contributed by atoms with E-state index in [9.17, 15) is 4.79 Å². The molecule has 0 aliphatic carbocycles. The second kappa shape index (κ2) is 7.20. The largest absolute Gasteiger partial charge is 0.444 e. The molecule has 2 rings (SSSR count). The summed E-state index contributed by atoms with van der Waals surface area (Å²) in [6.07, 6.45) is 2.78. The number of nitrogens with two attached hydrogens (primary N) is 1. The van der Waals surface area contributed by atoms with Gasteiger partial charge in [-0.25, -0.2) is 9.78 Å². The van der Waals surface area contributed by atoms with Crippen molar-refractivity contribution in [3.8, 4) is 11.8 Å². The summed E-state index contributed by atoms with van der Waals surface area (Å²) in [5, 5.41) is 6.91. The van der Waals surface area contributed by atoms with E-state index in [0.29, 0.717) is 23.0 Å². The summed E-state index contributed by atoms with van der Waals surface area (Å²) in [6, 6.07) is 3.43. The molecule has 2 aromatic heterocycles. The second-order valence-corrected chi connectivity index (χ2v) is 6.20. The van der Waals surface area contributed by atoms with Crippen LogP contribution < -0.4 is 15.8 Å². The van der Waals surface area contributed by atoms with Gasteiger partial charge in [-0.15, -0.1) is 5.10 Å². The molecule has 2 aromatic rings. The Bertz CT molecular complexity index is 706. The van der Waals surface area contributed by atoms with Crippen molar-refractivity contribution in [2.24, 2.45) is 0 Å². The molecule has 8 heteroatoms. The predicted molar refractivity (Wildman–Crippen MR) is 89.7 cm³/mol. The normalized spacial score (nSPS) is 11.2. The standard InChI is InChI=1S/C16H23N5O3/c1-5-21-7-6-13(20-21)23-14-11(8-12(17)10-18-14)9-19-15(22)24-16(2,3)4/h6-8,10H,5,9,17H2,1-4H3,(H,19,22). The molecule has 0 aliphatic heterocycles. The number of rotatable bonds is 5. The van der Waals surface area contributed by atoms with Gasteiger partial charge in [-0.05, 0) is 33.8 Å². The molecule has 0 atom stereocenters. The van der Waals surface area contributed by atoms with E-state index in [1.54, 1.807) is 37.6 Å². The summed E-state index contributed by atoms with van der Waals surface area (Å²) < 4.78 is 12.6. The Morgan fingerprint density at radius 3 is 2.79 bits per heavy atom. The van der Waals surface area contributed by atoms with Gasteiger partial charge in [0.25, 0.3) is 0 Å². The number of ether oxygens (including phenoxy) is 2. The topological polar surface area (TPSA) is 104 Å². The summed E-state index contributed by atoms with van der Waals surface area (Å²) in [5.41, 5.74) is 6.31. The summed E-state index contributed by atoms with van der Waals surface area (Å²) in [7, 11) is 0. The molecule has 8 nitrogen and oxygen atoms in total. The van der Waals surface area contributed by atoms with Gasteiger partial charge in [-0.3, -0.25) is 4.68 Å². The third kappa shape index (κ3) is 5.15. The third-order valence-electron chi connectivity index (χ3n) is 2.91. The minimum absolute atomic E-state index is 0.177. The Kier molecular flexibility index (Phi) is 5.28. The Morgan fingerprint density at radius 1 is 1.42 bits per heavy atom. The van der Waals surface area contributed by atoms with E-state index in [-0.39, 0.29) is 6.54 Å². The molecule has 1 amide bonds. The summed E-state index contributed by atoms with van der Waals surface area (Å²) >= 11 is 0. The molecule has 0 fully saturated rings. The summed E-state index contributed by atoms with van der Waals surface area (Å²) in [4.78, 5) is 16.0. The lowest BCUT2D eigenvalue weighted by molar-refractivity contribution is 0.0523. The number of hydrogen-bond donors (Lipinski definition) is 2. The van der Waals surface area contributed by atoms with Gasteiger partial charge in [0.05, 0.1) is 18.4 Å². The van der Waals surface area contributed by atoms with Crippen LogP contribution in [0.4, 0.5) is 10.5 Å². The molecular formula is C16H23N5O3. The van der Waals surface area contributed by atoms with E-state index < -0.39 is 11.7 Å². The number of anilines is 1. The average Bonchev–Trinajstić information content (AvgIpc) is 2.93. The van der Waals surface area contributed by atoms with Crippen molar-refractivity contribution in [2.75, 3.05) is 5.73 Å². The number of carbonyl (C=O) groups excluding carboxylic acids is 1. The highest BCUT2D eigenvalue weighted by atomic mass is 16.6. The van der Waals surface area contributed by atoms with E-state index in [1.165, 1.54) is 6.20 Å². The van der Waals surface area contributed by atoms with Gasteiger partial charge in [0, 0.05) is 24.4 Å². The molecule has 24 heavy (non-hydrogen) atoms. The van der Waals surface area contributed by atoms with Crippen LogP contribution in [0.2, 0.25) is 0 Å². The van der Waals surface area contributed by atoms with Crippen LogP contribution in [0.3, 0.4) is 0 Å². The molecule has 0 spiro atoms. The minimum atomic E-state index is -0.565.